The van der Waals surface area contributed by atoms with E-state index in [-0.39, 0.29) is 0 Å². The molecule has 1 aliphatic carbocycles. The average molecular weight is 312 g/mol. The minimum Gasteiger partial charge on any atom is -0.313 e. The van der Waals surface area contributed by atoms with Crippen molar-refractivity contribution in [2.75, 3.05) is 13.1 Å². The summed E-state index contributed by atoms with van der Waals surface area (Å²) >= 11 is 12.6. The summed E-state index contributed by atoms with van der Waals surface area (Å²) in [5.41, 5.74) is 2.41. The van der Waals surface area contributed by atoms with Gasteiger partial charge in [0.2, 0.25) is 0 Å². The highest BCUT2D eigenvalue weighted by atomic mass is 35.5. The van der Waals surface area contributed by atoms with E-state index < -0.39 is 0 Å². The predicted molar refractivity (Wildman–Crippen MR) is 89.6 cm³/mol. The minimum atomic E-state index is 0.676. The van der Waals surface area contributed by atoms with Gasteiger partial charge in [0.05, 0.1) is 0 Å². The van der Waals surface area contributed by atoms with Gasteiger partial charge < -0.3 is 5.32 Å². The number of halogens is 2. The van der Waals surface area contributed by atoms with Crippen LogP contribution in [0.15, 0.2) is 23.8 Å². The van der Waals surface area contributed by atoms with Gasteiger partial charge in [-0.3, -0.25) is 0 Å². The number of likely N-dealkylation sites (N-methyl/N-ethyl adjacent to an activating group) is 1. The molecule has 0 amide bonds. The van der Waals surface area contributed by atoms with Crippen LogP contribution in [0.2, 0.25) is 10.0 Å². The Bertz CT molecular complexity index is 442. The summed E-state index contributed by atoms with van der Waals surface area (Å²) < 4.78 is 0. The van der Waals surface area contributed by atoms with Gasteiger partial charge in [0.25, 0.3) is 0 Å². The minimum absolute atomic E-state index is 0.676. The number of hydrogen-bond donors (Lipinski definition) is 1. The van der Waals surface area contributed by atoms with E-state index in [9.17, 15) is 0 Å². The highest BCUT2D eigenvalue weighted by Gasteiger charge is 2.18. The lowest BCUT2D eigenvalue weighted by Gasteiger charge is -2.25. The topological polar surface area (TPSA) is 12.0 Å². The maximum absolute atomic E-state index is 6.30. The first kappa shape index (κ1) is 15.9. The van der Waals surface area contributed by atoms with Gasteiger partial charge in [0, 0.05) is 22.2 Å². The molecule has 1 N–H and O–H groups in total. The Morgan fingerprint density at radius 1 is 1.20 bits per heavy atom. The molecule has 0 unspecified atom stereocenters. The molecule has 20 heavy (non-hydrogen) atoms. The molecule has 0 aromatic heterocycles. The maximum atomic E-state index is 6.30. The number of nitrogens with one attached hydrogen (secondary N) is 1. The lowest BCUT2D eigenvalue weighted by Crippen LogP contribution is -2.22. The summed E-state index contributed by atoms with van der Waals surface area (Å²) in [5, 5.41) is 4.93. The largest absolute Gasteiger partial charge is 0.313 e. The van der Waals surface area contributed by atoms with Crippen molar-refractivity contribution < 1.29 is 0 Å². The maximum Gasteiger partial charge on any atom is 0.0493 e. The zero-order valence-electron chi connectivity index (χ0n) is 12.1. The van der Waals surface area contributed by atoms with E-state index in [1.54, 1.807) is 0 Å². The molecule has 0 heterocycles. The molecule has 1 nitrogen and oxygen atoms in total. The number of benzene rings is 1. The van der Waals surface area contributed by atoms with Crippen LogP contribution in [-0.2, 0) is 0 Å². The Kier molecular flexibility index (Phi) is 6.41. The summed E-state index contributed by atoms with van der Waals surface area (Å²) in [6.07, 6.45) is 8.84. The quantitative estimate of drug-likeness (QED) is 0.750. The van der Waals surface area contributed by atoms with Gasteiger partial charge in [0.1, 0.15) is 0 Å². The van der Waals surface area contributed by atoms with E-state index in [0.29, 0.717) is 5.92 Å². The van der Waals surface area contributed by atoms with Crippen molar-refractivity contribution in [3.63, 3.8) is 0 Å². The van der Waals surface area contributed by atoms with Crippen molar-refractivity contribution in [1.82, 2.24) is 5.32 Å². The van der Waals surface area contributed by atoms with Crippen molar-refractivity contribution >= 4 is 29.3 Å². The third kappa shape index (κ3) is 4.25. The molecule has 1 fully saturated rings. The van der Waals surface area contributed by atoms with Crippen LogP contribution >= 0.6 is 23.2 Å². The lowest BCUT2D eigenvalue weighted by atomic mass is 9.83. The van der Waals surface area contributed by atoms with Crippen LogP contribution in [0.1, 0.15) is 44.6 Å². The van der Waals surface area contributed by atoms with E-state index >= 15 is 0 Å². The molecule has 0 aliphatic heterocycles. The number of hydrogen-bond acceptors (Lipinski definition) is 1. The van der Waals surface area contributed by atoms with Gasteiger partial charge in [-0.2, -0.15) is 0 Å². The third-order valence-electron chi connectivity index (χ3n) is 4.04. The first-order chi connectivity index (χ1) is 9.72. The molecule has 0 atom stereocenters. The Morgan fingerprint density at radius 2 is 1.85 bits per heavy atom. The monoisotopic (exact) mass is 311 g/mol. The Hall–Kier alpha value is -0.500. The van der Waals surface area contributed by atoms with Crippen molar-refractivity contribution in [1.29, 1.82) is 0 Å². The highest BCUT2D eigenvalue weighted by molar-refractivity contribution is 6.37. The normalized spacial score (nSPS) is 17.4. The van der Waals surface area contributed by atoms with Crippen LogP contribution in [0.25, 0.3) is 6.08 Å². The first-order valence-corrected chi connectivity index (χ1v) is 8.33. The van der Waals surface area contributed by atoms with E-state index in [2.05, 4.69) is 18.3 Å². The fourth-order valence-electron chi connectivity index (χ4n) is 2.89. The summed E-state index contributed by atoms with van der Waals surface area (Å²) in [6.45, 7) is 4.06. The molecule has 0 radical (unpaired) electrons. The lowest BCUT2D eigenvalue weighted by molar-refractivity contribution is 0.397. The van der Waals surface area contributed by atoms with Gasteiger partial charge in [0.15, 0.2) is 0 Å². The summed E-state index contributed by atoms with van der Waals surface area (Å²) in [7, 11) is 0. The molecule has 1 aliphatic rings. The molecule has 1 saturated carbocycles. The predicted octanol–water partition coefficient (Wildman–Crippen LogP) is 5.57. The summed E-state index contributed by atoms with van der Waals surface area (Å²) in [6, 6.07) is 5.71. The molecule has 3 heteroatoms. The first-order valence-electron chi connectivity index (χ1n) is 7.57. The second kappa shape index (κ2) is 8.07. The standard InChI is InChI=1S/C17H23Cl2N/c1-2-20-12-14(13-7-4-3-5-8-13)11-15-16(18)9-6-10-17(15)19/h6,9-11,13,20H,2-5,7-8,12H2,1H3/b14-11-. The van der Waals surface area contributed by atoms with Gasteiger partial charge in [-0.1, -0.05) is 67.1 Å². The van der Waals surface area contributed by atoms with Crippen LogP contribution in [0.5, 0.6) is 0 Å². The smallest absolute Gasteiger partial charge is 0.0493 e. The van der Waals surface area contributed by atoms with Crippen molar-refractivity contribution in [3.8, 4) is 0 Å². The van der Waals surface area contributed by atoms with Gasteiger partial charge in [-0.15, -0.1) is 0 Å². The molecular weight excluding hydrogens is 289 g/mol. The van der Waals surface area contributed by atoms with Crippen molar-refractivity contribution in [2.24, 2.45) is 5.92 Å². The van der Waals surface area contributed by atoms with Crippen molar-refractivity contribution in [2.45, 2.75) is 39.0 Å². The highest BCUT2D eigenvalue weighted by Crippen LogP contribution is 2.33. The van der Waals surface area contributed by atoms with Gasteiger partial charge >= 0.3 is 0 Å². The Balaban J connectivity index is 2.26. The zero-order valence-corrected chi connectivity index (χ0v) is 13.6. The molecular formula is C17H23Cl2N. The summed E-state index contributed by atoms with van der Waals surface area (Å²) in [4.78, 5) is 0. The van der Waals surface area contributed by atoms with Gasteiger partial charge in [-0.05, 0) is 37.4 Å². The molecule has 0 saturated heterocycles. The van der Waals surface area contributed by atoms with E-state index in [0.717, 1.165) is 28.7 Å². The second-order valence-electron chi connectivity index (χ2n) is 5.47. The average Bonchev–Trinajstić information content (AvgIpc) is 2.47. The fraction of sp³-hybridized carbons (Fsp3) is 0.529. The fourth-order valence-corrected chi connectivity index (χ4v) is 3.40. The van der Waals surface area contributed by atoms with Crippen LogP contribution in [0.3, 0.4) is 0 Å². The van der Waals surface area contributed by atoms with E-state index in [1.165, 1.54) is 37.7 Å². The Labute approximate surface area is 132 Å². The number of rotatable bonds is 5. The summed E-state index contributed by atoms with van der Waals surface area (Å²) in [5.74, 6) is 0.676. The molecule has 1 aromatic carbocycles. The van der Waals surface area contributed by atoms with E-state index in [1.807, 2.05) is 18.2 Å². The van der Waals surface area contributed by atoms with Crippen molar-refractivity contribution in [3.05, 3.63) is 39.4 Å². The third-order valence-corrected chi connectivity index (χ3v) is 4.70. The SMILES string of the molecule is CCNC/C(=C/c1c(Cl)cccc1Cl)C1CCCCC1. The molecule has 0 bridgehead atoms. The van der Waals surface area contributed by atoms with Gasteiger partial charge in [-0.25, -0.2) is 0 Å². The van der Waals surface area contributed by atoms with Crippen LogP contribution < -0.4 is 5.32 Å². The molecule has 110 valence electrons. The second-order valence-corrected chi connectivity index (χ2v) is 6.28. The molecule has 1 aromatic rings. The molecule has 2 rings (SSSR count). The van der Waals surface area contributed by atoms with Crippen LogP contribution in [-0.4, -0.2) is 13.1 Å². The van der Waals surface area contributed by atoms with Crippen LogP contribution in [0.4, 0.5) is 0 Å². The molecule has 0 spiro atoms. The van der Waals surface area contributed by atoms with E-state index in [4.69, 9.17) is 23.2 Å². The van der Waals surface area contributed by atoms with Crippen LogP contribution in [0, 0.1) is 5.92 Å². The Morgan fingerprint density at radius 3 is 2.45 bits per heavy atom. The zero-order chi connectivity index (χ0) is 14.4.